The minimum absolute atomic E-state index is 0.223. The number of carbonyl (C=O) groups is 1. The molecule has 24 heavy (non-hydrogen) atoms. The lowest BCUT2D eigenvalue weighted by atomic mass is 9.99. The van der Waals surface area contributed by atoms with Crippen LogP contribution in [0, 0.1) is 0 Å². The van der Waals surface area contributed by atoms with Gasteiger partial charge in [-0.15, -0.1) is 0 Å². The zero-order chi connectivity index (χ0) is 16.9. The number of piperidine rings is 1. The number of ketones is 1. The predicted molar refractivity (Wildman–Crippen MR) is 100 cm³/mol. The number of methoxy groups -OCH3 is 1. The molecule has 2 aromatic carbocycles. The molecule has 4 heteroatoms. The lowest BCUT2D eigenvalue weighted by Crippen LogP contribution is -2.35. The third kappa shape index (κ3) is 4.13. The van der Waals surface area contributed by atoms with Crippen molar-refractivity contribution in [2.75, 3.05) is 20.2 Å². The number of rotatable bonds is 4. The Labute approximate surface area is 151 Å². The summed E-state index contributed by atoms with van der Waals surface area (Å²) in [7, 11) is 1.65. The number of carbonyl (C=O) groups excluding carboxylic acids is 1. The van der Waals surface area contributed by atoms with Gasteiger partial charge in [-0.3, -0.25) is 9.69 Å². The lowest BCUT2D eigenvalue weighted by Gasteiger charge is -2.28. The van der Waals surface area contributed by atoms with Gasteiger partial charge in [0.05, 0.1) is 7.11 Å². The molecule has 1 aliphatic rings. The van der Waals surface area contributed by atoms with Crippen molar-refractivity contribution in [1.29, 1.82) is 0 Å². The Bertz CT molecular complexity index is 755. The highest BCUT2D eigenvalue weighted by molar-refractivity contribution is 9.10. The van der Waals surface area contributed by atoms with E-state index in [9.17, 15) is 4.79 Å². The van der Waals surface area contributed by atoms with Crippen LogP contribution in [0.4, 0.5) is 0 Å². The SMILES string of the molecule is COc1ccc(Br)cc1/C=C1\CN(Cc2ccccc2)CCC1=O. The smallest absolute Gasteiger partial charge is 0.161 e. The number of nitrogens with zero attached hydrogens (tertiary/aromatic N) is 1. The molecule has 124 valence electrons. The molecule has 2 aromatic rings. The summed E-state index contributed by atoms with van der Waals surface area (Å²) in [5, 5.41) is 0. The number of halogens is 1. The van der Waals surface area contributed by atoms with Gasteiger partial charge in [-0.05, 0) is 29.8 Å². The fraction of sp³-hybridized carbons (Fsp3) is 0.250. The molecule has 3 rings (SSSR count). The number of benzene rings is 2. The minimum Gasteiger partial charge on any atom is -0.496 e. The molecular formula is C20H20BrNO2. The Balaban J connectivity index is 1.81. The molecule has 0 N–H and O–H groups in total. The Hall–Kier alpha value is -1.91. The lowest BCUT2D eigenvalue weighted by molar-refractivity contribution is -0.117. The maximum absolute atomic E-state index is 12.3. The second-order valence-electron chi connectivity index (χ2n) is 5.93. The predicted octanol–water partition coefficient (Wildman–Crippen LogP) is 4.32. The highest BCUT2D eigenvalue weighted by atomic mass is 79.9. The molecule has 1 heterocycles. The van der Waals surface area contributed by atoms with Crippen molar-refractivity contribution in [1.82, 2.24) is 4.90 Å². The third-order valence-electron chi connectivity index (χ3n) is 4.18. The summed E-state index contributed by atoms with van der Waals surface area (Å²) < 4.78 is 6.38. The van der Waals surface area contributed by atoms with E-state index in [2.05, 4.69) is 33.0 Å². The highest BCUT2D eigenvalue weighted by Crippen LogP contribution is 2.27. The van der Waals surface area contributed by atoms with Gasteiger partial charge in [-0.1, -0.05) is 46.3 Å². The summed E-state index contributed by atoms with van der Waals surface area (Å²) in [6.07, 6.45) is 2.53. The molecule has 3 nitrogen and oxygen atoms in total. The molecule has 1 aliphatic heterocycles. The second-order valence-corrected chi connectivity index (χ2v) is 6.84. The summed E-state index contributed by atoms with van der Waals surface area (Å²) >= 11 is 3.48. The number of Topliss-reactive ketones (excluding diaryl/α,β-unsaturated/α-hetero) is 1. The summed E-state index contributed by atoms with van der Waals surface area (Å²) in [6, 6.07) is 16.2. The van der Waals surface area contributed by atoms with Crippen LogP contribution >= 0.6 is 15.9 Å². The maximum Gasteiger partial charge on any atom is 0.161 e. The molecule has 1 saturated heterocycles. The maximum atomic E-state index is 12.3. The first-order valence-corrected chi connectivity index (χ1v) is 8.78. The first-order valence-electron chi connectivity index (χ1n) is 7.99. The molecular weight excluding hydrogens is 366 g/mol. The zero-order valence-electron chi connectivity index (χ0n) is 13.7. The molecule has 0 amide bonds. The van der Waals surface area contributed by atoms with Gasteiger partial charge in [0.25, 0.3) is 0 Å². The number of ether oxygens (including phenoxy) is 1. The van der Waals surface area contributed by atoms with Crippen LogP contribution in [0.2, 0.25) is 0 Å². The van der Waals surface area contributed by atoms with Crippen molar-refractivity contribution in [3.8, 4) is 5.75 Å². The van der Waals surface area contributed by atoms with Crippen molar-refractivity contribution in [3.05, 3.63) is 69.7 Å². The van der Waals surface area contributed by atoms with Gasteiger partial charge in [0.15, 0.2) is 5.78 Å². The van der Waals surface area contributed by atoms with Crippen molar-refractivity contribution in [2.24, 2.45) is 0 Å². The first-order chi connectivity index (χ1) is 11.7. The molecule has 0 radical (unpaired) electrons. The number of hydrogen-bond donors (Lipinski definition) is 0. The molecule has 0 aromatic heterocycles. The van der Waals surface area contributed by atoms with E-state index in [4.69, 9.17) is 4.74 Å². The van der Waals surface area contributed by atoms with E-state index in [1.165, 1.54) is 5.56 Å². The quantitative estimate of drug-likeness (QED) is 0.734. The Morgan fingerprint density at radius 1 is 1.21 bits per heavy atom. The summed E-state index contributed by atoms with van der Waals surface area (Å²) in [5.41, 5.74) is 3.04. The standard InChI is InChI=1S/C20H20BrNO2/c1-24-20-8-7-18(21)12-16(20)11-17-14-22(10-9-19(17)23)13-15-5-3-2-4-6-15/h2-8,11-12H,9-10,13-14H2,1H3/b17-11+. The van der Waals surface area contributed by atoms with E-state index in [-0.39, 0.29) is 5.78 Å². The largest absolute Gasteiger partial charge is 0.496 e. The molecule has 0 atom stereocenters. The van der Waals surface area contributed by atoms with E-state index < -0.39 is 0 Å². The van der Waals surface area contributed by atoms with E-state index in [0.717, 1.165) is 34.4 Å². The van der Waals surface area contributed by atoms with Gasteiger partial charge in [-0.25, -0.2) is 0 Å². The zero-order valence-corrected chi connectivity index (χ0v) is 15.3. The fourth-order valence-electron chi connectivity index (χ4n) is 2.94. The van der Waals surface area contributed by atoms with Crippen LogP contribution in [-0.2, 0) is 11.3 Å². The Kier molecular flexibility index (Phi) is 5.48. The van der Waals surface area contributed by atoms with Gasteiger partial charge >= 0.3 is 0 Å². The van der Waals surface area contributed by atoms with Crippen LogP contribution in [0.5, 0.6) is 5.75 Å². The highest BCUT2D eigenvalue weighted by Gasteiger charge is 2.21. The molecule has 0 aliphatic carbocycles. The molecule has 1 fully saturated rings. The van der Waals surface area contributed by atoms with E-state index in [0.29, 0.717) is 13.0 Å². The topological polar surface area (TPSA) is 29.5 Å². The van der Waals surface area contributed by atoms with Crippen molar-refractivity contribution in [3.63, 3.8) is 0 Å². The van der Waals surface area contributed by atoms with Crippen LogP contribution in [0.25, 0.3) is 6.08 Å². The fourth-order valence-corrected chi connectivity index (χ4v) is 3.32. The first kappa shape index (κ1) is 16.9. The number of hydrogen-bond acceptors (Lipinski definition) is 3. The van der Waals surface area contributed by atoms with Gasteiger partial charge < -0.3 is 4.74 Å². The number of likely N-dealkylation sites (tertiary alicyclic amines) is 1. The Morgan fingerprint density at radius 2 is 2.00 bits per heavy atom. The monoisotopic (exact) mass is 385 g/mol. The van der Waals surface area contributed by atoms with Gasteiger partial charge in [0.1, 0.15) is 5.75 Å². The van der Waals surface area contributed by atoms with Crippen LogP contribution in [0.3, 0.4) is 0 Å². The van der Waals surface area contributed by atoms with Crippen LogP contribution in [0.15, 0.2) is 58.6 Å². The normalized spacial score (nSPS) is 17.2. The molecule has 0 saturated carbocycles. The summed E-state index contributed by atoms with van der Waals surface area (Å²) in [5.74, 6) is 1.00. The summed E-state index contributed by atoms with van der Waals surface area (Å²) in [4.78, 5) is 14.6. The van der Waals surface area contributed by atoms with Crippen LogP contribution in [0.1, 0.15) is 17.5 Å². The van der Waals surface area contributed by atoms with E-state index >= 15 is 0 Å². The van der Waals surface area contributed by atoms with Gasteiger partial charge in [0, 0.05) is 41.7 Å². The minimum atomic E-state index is 0.223. The average Bonchev–Trinajstić information content (AvgIpc) is 2.59. The average molecular weight is 386 g/mol. The second kappa shape index (κ2) is 7.77. The molecule has 0 bridgehead atoms. The van der Waals surface area contributed by atoms with Gasteiger partial charge in [-0.2, -0.15) is 0 Å². The molecule has 0 spiro atoms. The van der Waals surface area contributed by atoms with Crippen molar-refractivity contribution < 1.29 is 9.53 Å². The van der Waals surface area contributed by atoms with Crippen molar-refractivity contribution >= 4 is 27.8 Å². The van der Waals surface area contributed by atoms with Crippen molar-refractivity contribution in [2.45, 2.75) is 13.0 Å². The third-order valence-corrected chi connectivity index (χ3v) is 4.67. The molecule has 0 unspecified atom stereocenters. The van der Waals surface area contributed by atoms with E-state index in [1.54, 1.807) is 7.11 Å². The van der Waals surface area contributed by atoms with Crippen LogP contribution in [-0.4, -0.2) is 30.9 Å². The van der Waals surface area contributed by atoms with Gasteiger partial charge in [0.2, 0.25) is 0 Å². The summed E-state index contributed by atoms with van der Waals surface area (Å²) in [6.45, 7) is 2.34. The van der Waals surface area contributed by atoms with E-state index in [1.807, 2.05) is 42.5 Å². The Morgan fingerprint density at radius 3 is 2.75 bits per heavy atom. The van der Waals surface area contributed by atoms with Crippen LogP contribution < -0.4 is 4.74 Å².